The molecule has 1 aromatic carbocycles. The van der Waals surface area contributed by atoms with Crippen molar-refractivity contribution in [1.29, 1.82) is 0 Å². The molecule has 5 N–H and O–H groups in total. The van der Waals surface area contributed by atoms with Gasteiger partial charge in [-0.05, 0) is 18.6 Å². The highest BCUT2D eigenvalue weighted by molar-refractivity contribution is 7.99. The Morgan fingerprint density at radius 1 is 1.56 bits per heavy atom. The van der Waals surface area contributed by atoms with E-state index in [0.717, 1.165) is 16.1 Å². The Bertz CT molecular complexity index is 381. The number of rotatable bonds is 4. The van der Waals surface area contributed by atoms with Crippen LogP contribution in [0.4, 0.5) is 5.69 Å². The molecule has 16 heavy (non-hydrogen) atoms. The van der Waals surface area contributed by atoms with E-state index in [1.54, 1.807) is 11.8 Å². The molecular formula is C11H17N3OS. The number of aryl methyl sites for hydroxylation is 1. The summed E-state index contributed by atoms with van der Waals surface area (Å²) >= 11 is 1.57. The zero-order valence-corrected chi connectivity index (χ0v) is 10.3. The molecule has 0 aromatic heterocycles. The van der Waals surface area contributed by atoms with Gasteiger partial charge in [-0.1, -0.05) is 19.1 Å². The van der Waals surface area contributed by atoms with Crippen molar-refractivity contribution in [1.82, 2.24) is 5.43 Å². The first-order valence-corrected chi connectivity index (χ1v) is 6.03. The maximum Gasteiger partial charge on any atom is 0.237 e. The highest BCUT2D eigenvalue weighted by Gasteiger charge is 2.12. The molecule has 0 aliphatic rings. The van der Waals surface area contributed by atoms with Crippen LogP contribution in [0.15, 0.2) is 23.1 Å². The number of amides is 1. The van der Waals surface area contributed by atoms with Gasteiger partial charge in [0.05, 0.1) is 0 Å². The number of carbonyl (C=O) groups excluding carboxylic acids is 1. The number of benzene rings is 1. The number of nitrogen functional groups attached to an aromatic ring is 1. The van der Waals surface area contributed by atoms with Gasteiger partial charge in [0.25, 0.3) is 0 Å². The van der Waals surface area contributed by atoms with Gasteiger partial charge < -0.3 is 5.73 Å². The lowest BCUT2D eigenvalue weighted by molar-refractivity contribution is -0.123. The number of carbonyl (C=O) groups is 1. The summed E-state index contributed by atoms with van der Waals surface area (Å²) in [5.41, 5.74) is 9.92. The zero-order chi connectivity index (χ0) is 12.1. The number of hydrazine groups is 1. The van der Waals surface area contributed by atoms with Gasteiger partial charge in [-0.3, -0.25) is 10.2 Å². The van der Waals surface area contributed by atoms with Gasteiger partial charge in [0.2, 0.25) is 5.91 Å². The van der Waals surface area contributed by atoms with Crippen molar-refractivity contribution in [2.75, 3.05) is 11.5 Å². The van der Waals surface area contributed by atoms with E-state index in [9.17, 15) is 4.79 Å². The van der Waals surface area contributed by atoms with Gasteiger partial charge in [-0.25, -0.2) is 5.84 Å². The second-order valence-electron chi connectivity index (χ2n) is 3.71. The lowest BCUT2D eigenvalue weighted by Gasteiger charge is -2.11. The number of nitrogens with two attached hydrogens (primary N) is 2. The van der Waals surface area contributed by atoms with Crippen molar-refractivity contribution in [3.05, 3.63) is 23.8 Å². The molecule has 0 heterocycles. The van der Waals surface area contributed by atoms with Gasteiger partial charge in [-0.15, -0.1) is 11.8 Å². The number of thioether (sulfide) groups is 1. The Morgan fingerprint density at radius 2 is 2.25 bits per heavy atom. The molecular weight excluding hydrogens is 222 g/mol. The minimum Gasteiger partial charge on any atom is -0.398 e. The van der Waals surface area contributed by atoms with Crippen LogP contribution in [0, 0.1) is 12.8 Å². The van der Waals surface area contributed by atoms with E-state index >= 15 is 0 Å². The maximum atomic E-state index is 11.2. The van der Waals surface area contributed by atoms with Gasteiger partial charge >= 0.3 is 0 Å². The van der Waals surface area contributed by atoms with E-state index in [4.69, 9.17) is 11.6 Å². The van der Waals surface area contributed by atoms with Crippen LogP contribution in [0.25, 0.3) is 0 Å². The Hall–Kier alpha value is -1.20. The molecule has 0 aliphatic carbocycles. The van der Waals surface area contributed by atoms with E-state index in [1.807, 2.05) is 32.0 Å². The minimum atomic E-state index is -0.154. The van der Waals surface area contributed by atoms with E-state index in [1.165, 1.54) is 0 Å². The Morgan fingerprint density at radius 3 is 2.88 bits per heavy atom. The third kappa shape index (κ3) is 3.15. The first kappa shape index (κ1) is 12.9. The highest BCUT2D eigenvalue weighted by atomic mass is 32.2. The van der Waals surface area contributed by atoms with Crippen molar-refractivity contribution >= 4 is 23.4 Å². The Kier molecular flexibility index (Phi) is 4.64. The van der Waals surface area contributed by atoms with Crippen molar-refractivity contribution in [2.45, 2.75) is 18.7 Å². The summed E-state index contributed by atoms with van der Waals surface area (Å²) in [5, 5.41) is 0. The third-order valence-electron chi connectivity index (χ3n) is 2.36. The smallest absolute Gasteiger partial charge is 0.237 e. The summed E-state index contributed by atoms with van der Waals surface area (Å²) in [5.74, 6) is 5.44. The first-order chi connectivity index (χ1) is 7.56. The quantitative estimate of drug-likeness (QED) is 0.243. The predicted molar refractivity (Wildman–Crippen MR) is 67.8 cm³/mol. The standard InChI is InChI=1S/C11H17N3OS/c1-7-4-3-5-9(10(7)12)16-6-8(2)11(15)14-13/h3-5,8H,6,12-13H2,1-2H3,(H,14,15). The van der Waals surface area contributed by atoms with Gasteiger partial charge in [0.15, 0.2) is 0 Å². The zero-order valence-electron chi connectivity index (χ0n) is 9.49. The molecule has 5 heteroatoms. The van der Waals surface area contributed by atoms with Crippen molar-refractivity contribution in [3.8, 4) is 0 Å². The maximum absolute atomic E-state index is 11.2. The lowest BCUT2D eigenvalue weighted by Crippen LogP contribution is -2.35. The topological polar surface area (TPSA) is 81.1 Å². The van der Waals surface area contributed by atoms with Gasteiger partial charge in [0, 0.05) is 22.3 Å². The second-order valence-corrected chi connectivity index (χ2v) is 4.77. The van der Waals surface area contributed by atoms with Crippen molar-refractivity contribution in [3.63, 3.8) is 0 Å². The molecule has 1 unspecified atom stereocenters. The van der Waals surface area contributed by atoms with Crippen LogP contribution in [-0.2, 0) is 4.79 Å². The molecule has 0 fully saturated rings. The van der Waals surface area contributed by atoms with E-state index in [2.05, 4.69) is 5.43 Å². The summed E-state index contributed by atoms with van der Waals surface area (Å²) < 4.78 is 0. The molecule has 88 valence electrons. The molecule has 0 radical (unpaired) electrons. The summed E-state index contributed by atoms with van der Waals surface area (Å²) in [6.07, 6.45) is 0. The van der Waals surface area contributed by atoms with Crippen LogP contribution in [0.5, 0.6) is 0 Å². The van der Waals surface area contributed by atoms with Crippen LogP contribution in [0.3, 0.4) is 0 Å². The lowest BCUT2D eigenvalue weighted by atomic mass is 10.2. The molecule has 0 aliphatic heterocycles. The molecule has 0 saturated heterocycles. The van der Waals surface area contributed by atoms with E-state index in [-0.39, 0.29) is 11.8 Å². The summed E-state index contributed by atoms with van der Waals surface area (Å²) in [4.78, 5) is 12.2. The average molecular weight is 239 g/mol. The number of hydrogen-bond acceptors (Lipinski definition) is 4. The highest BCUT2D eigenvalue weighted by Crippen LogP contribution is 2.28. The third-order valence-corrected chi connectivity index (χ3v) is 3.70. The Balaban J connectivity index is 2.61. The largest absolute Gasteiger partial charge is 0.398 e. The van der Waals surface area contributed by atoms with Gasteiger partial charge in [-0.2, -0.15) is 0 Å². The number of nitrogens with one attached hydrogen (secondary N) is 1. The van der Waals surface area contributed by atoms with Crippen molar-refractivity contribution in [2.24, 2.45) is 11.8 Å². The fourth-order valence-corrected chi connectivity index (χ4v) is 2.28. The summed E-state index contributed by atoms with van der Waals surface area (Å²) in [6.45, 7) is 3.80. The van der Waals surface area contributed by atoms with Crippen molar-refractivity contribution < 1.29 is 4.79 Å². The normalized spacial score (nSPS) is 12.2. The van der Waals surface area contributed by atoms with Gasteiger partial charge in [0.1, 0.15) is 0 Å². The molecule has 0 saturated carbocycles. The molecule has 1 amide bonds. The fraction of sp³-hybridized carbons (Fsp3) is 0.364. The fourth-order valence-electron chi connectivity index (χ4n) is 1.21. The number of hydrogen-bond donors (Lipinski definition) is 3. The van der Waals surface area contributed by atoms with Crippen LogP contribution in [-0.4, -0.2) is 11.7 Å². The number of para-hydroxylation sites is 1. The predicted octanol–water partition coefficient (Wildman–Crippen LogP) is 1.30. The van der Waals surface area contributed by atoms with E-state index in [0.29, 0.717) is 5.75 Å². The van der Waals surface area contributed by atoms with Crippen LogP contribution < -0.4 is 17.0 Å². The summed E-state index contributed by atoms with van der Waals surface area (Å²) in [6, 6.07) is 5.89. The molecule has 4 nitrogen and oxygen atoms in total. The molecule has 1 rings (SSSR count). The monoisotopic (exact) mass is 239 g/mol. The SMILES string of the molecule is Cc1cccc(SCC(C)C(=O)NN)c1N. The summed E-state index contributed by atoms with van der Waals surface area (Å²) in [7, 11) is 0. The van der Waals surface area contributed by atoms with Crippen LogP contribution in [0.2, 0.25) is 0 Å². The molecule has 1 aromatic rings. The minimum absolute atomic E-state index is 0.130. The molecule has 0 bridgehead atoms. The first-order valence-electron chi connectivity index (χ1n) is 5.04. The van der Waals surface area contributed by atoms with Crippen LogP contribution >= 0.6 is 11.8 Å². The number of anilines is 1. The Labute approximate surface area is 99.7 Å². The van der Waals surface area contributed by atoms with E-state index < -0.39 is 0 Å². The average Bonchev–Trinajstić information content (AvgIpc) is 2.29. The molecule has 0 spiro atoms. The second kappa shape index (κ2) is 5.77. The molecule has 1 atom stereocenters. The van der Waals surface area contributed by atoms with Crippen LogP contribution in [0.1, 0.15) is 12.5 Å².